The molecule has 0 N–H and O–H groups in total. The molecule has 5 heteroatoms. The van der Waals surface area contributed by atoms with Crippen LogP contribution < -0.4 is 49.6 Å². The van der Waals surface area contributed by atoms with Crippen LogP contribution in [-0.2, 0) is 19.5 Å². The maximum Gasteiger partial charge on any atom is 0 e. The van der Waals surface area contributed by atoms with E-state index in [0.717, 1.165) is 29.6 Å². The summed E-state index contributed by atoms with van der Waals surface area (Å²) in [5, 5.41) is 0. The average molecular weight is 385 g/mol. The van der Waals surface area contributed by atoms with Gasteiger partial charge >= 0.3 is 0 Å². The Morgan fingerprint density at radius 3 is 0.533 bits per heavy atom. The molecule has 1 radical (unpaired) electrons. The van der Waals surface area contributed by atoms with Gasteiger partial charge in [-0.15, -0.1) is 0 Å². The molecule has 15 heavy (non-hydrogen) atoms. The van der Waals surface area contributed by atoms with Gasteiger partial charge < -0.3 is 49.6 Å². The van der Waals surface area contributed by atoms with E-state index in [4.69, 9.17) is 0 Å². The molecule has 0 heterocycles. The van der Waals surface area contributed by atoms with Gasteiger partial charge in [-0.3, -0.25) is 0 Å². The molecule has 0 nitrogen and oxygen atoms in total. The van der Waals surface area contributed by atoms with Crippen LogP contribution in [0.2, 0.25) is 0 Å². The third kappa shape index (κ3) is 6.32. The van der Waals surface area contributed by atoms with E-state index in [1.54, 1.807) is 0 Å². The topological polar surface area (TPSA) is 0 Å². The van der Waals surface area contributed by atoms with Crippen molar-refractivity contribution in [3.63, 3.8) is 0 Å². The Kier molecular flexibility index (Phi) is 24.6. The van der Waals surface area contributed by atoms with Crippen LogP contribution >= 0.6 is 0 Å². The Balaban J connectivity index is -0.0000000667. The van der Waals surface area contributed by atoms with Crippen LogP contribution in [0.25, 0.3) is 0 Å². The van der Waals surface area contributed by atoms with Crippen molar-refractivity contribution in [1.29, 1.82) is 0 Å². The third-order valence-electron chi connectivity index (χ3n) is 4.15. The van der Waals surface area contributed by atoms with Crippen molar-refractivity contribution in [2.75, 3.05) is 0 Å². The van der Waals surface area contributed by atoms with Gasteiger partial charge in [0.05, 0.1) is 0 Å². The van der Waals surface area contributed by atoms with E-state index in [1.165, 1.54) is 0 Å². The van der Waals surface area contributed by atoms with Crippen molar-refractivity contribution in [1.82, 2.24) is 0 Å². The van der Waals surface area contributed by atoms with Crippen LogP contribution in [0.4, 0.5) is 0 Å². The fourth-order valence-corrected chi connectivity index (χ4v) is 2.39. The number of rotatable bonds is 0. The van der Waals surface area contributed by atoms with Crippen LogP contribution in [0.15, 0.2) is 0 Å². The summed E-state index contributed by atoms with van der Waals surface area (Å²) in [6, 6.07) is 0. The first-order valence-corrected chi connectivity index (χ1v) is 4.55. The van der Waals surface area contributed by atoms with E-state index in [9.17, 15) is 0 Å². The Morgan fingerprint density at radius 1 is 0.400 bits per heavy atom. The molecule has 0 amide bonds. The fraction of sp³-hybridized carbons (Fsp3) is 1.00. The van der Waals surface area contributed by atoms with Gasteiger partial charge in [-0.1, -0.05) is 34.6 Å². The zero-order valence-electron chi connectivity index (χ0n) is 9.73. The van der Waals surface area contributed by atoms with E-state index in [0.29, 0.717) is 0 Å². The first-order chi connectivity index (χ1) is 4.55. The molecule has 0 atom stereocenters. The minimum absolute atomic E-state index is 0. The Bertz CT molecular complexity index is 89.8. The summed E-state index contributed by atoms with van der Waals surface area (Å²) in [7, 11) is 0. The Hall–Kier alpha value is 1.78. The molecule has 0 aromatic carbocycles. The summed E-state index contributed by atoms with van der Waals surface area (Å²) >= 11 is 0. The van der Waals surface area contributed by atoms with E-state index in [-0.39, 0.29) is 69.1 Å². The summed E-state index contributed by atoms with van der Waals surface area (Å²) in [5.41, 5.74) is 0. The third-order valence-corrected chi connectivity index (χ3v) is 4.15. The maximum atomic E-state index is 2.40. The van der Waals surface area contributed by atoms with Gasteiger partial charge in [-0.25, -0.2) is 0 Å². The summed E-state index contributed by atoms with van der Waals surface area (Å²) in [4.78, 5) is 0. The van der Waals surface area contributed by atoms with Gasteiger partial charge in [-0.05, 0) is 29.6 Å². The molecule has 1 aliphatic rings. The van der Waals surface area contributed by atoms with Gasteiger partial charge in [0.25, 0.3) is 0 Å². The first kappa shape index (κ1) is 30.1. The predicted molar refractivity (Wildman–Crippen MR) is 45.8 cm³/mol. The summed E-state index contributed by atoms with van der Waals surface area (Å²) in [6.45, 7) is 12.0. The second-order valence-corrected chi connectivity index (χ2v) is 4.30. The normalized spacial score (nSPS) is 37.0. The minimum Gasteiger partial charge on any atom is -1.00 e. The standard InChI is InChI=1S/C10H20.4ClH.Rh/c1-6-7(2)9(4)10(5)8(6)3;;;;;/h6-10H,1-5H3;4*1H;/p-4. The molecule has 0 saturated heterocycles. The molecule has 101 valence electrons. The van der Waals surface area contributed by atoms with Crippen molar-refractivity contribution >= 4 is 0 Å². The zero-order valence-corrected chi connectivity index (χ0v) is 14.4. The van der Waals surface area contributed by atoms with E-state index in [2.05, 4.69) is 34.6 Å². The quantitative estimate of drug-likeness (QED) is 0.364. The molecule has 1 fully saturated rings. The van der Waals surface area contributed by atoms with Crippen molar-refractivity contribution in [3.8, 4) is 0 Å². The van der Waals surface area contributed by atoms with E-state index in [1.807, 2.05) is 0 Å². The average Bonchev–Trinajstić information content (AvgIpc) is 2.07. The molecule has 0 spiro atoms. The van der Waals surface area contributed by atoms with Gasteiger partial charge in [0.1, 0.15) is 0 Å². The van der Waals surface area contributed by atoms with Crippen LogP contribution in [0.1, 0.15) is 34.6 Å². The Labute approximate surface area is 133 Å². The Morgan fingerprint density at radius 2 is 0.467 bits per heavy atom. The maximum absolute atomic E-state index is 2.40. The van der Waals surface area contributed by atoms with Gasteiger partial charge in [0.2, 0.25) is 0 Å². The molecule has 0 aromatic rings. The summed E-state index contributed by atoms with van der Waals surface area (Å²) in [5.74, 6) is 4.68. The van der Waals surface area contributed by atoms with Crippen LogP contribution in [-0.4, -0.2) is 0 Å². The number of hydrogen-bond donors (Lipinski definition) is 0. The molecule has 1 rings (SSSR count). The van der Waals surface area contributed by atoms with Crippen molar-refractivity contribution in [3.05, 3.63) is 0 Å². The van der Waals surface area contributed by atoms with Crippen molar-refractivity contribution in [2.24, 2.45) is 29.6 Å². The smallest absolute Gasteiger partial charge is 0 e. The van der Waals surface area contributed by atoms with Gasteiger partial charge in [0.15, 0.2) is 0 Å². The largest absolute Gasteiger partial charge is 1.00 e. The zero-order chi connectivity index (χ0) is 7.89. The van der Waals surface area contributed by atoms with Gasteiger partial charge in [0, 0.05) is 19.5 Å². The van der Waals surface area contributed by atoms with E-state index >= 15 is 0 Å². The SMILES string of the molecule is CC1C(C)C(C)C(C)C1C.[Cl-].[Cl-].[Cl-].[Cl-].[Rh]. The number of hydrogen-bond acceptors (Lipinski definition) is 0. The molecule has 0 aromatic heterocycles. The second kappa shape index (κ2) is 12.2. The summed E-state index contributed by atoms with van der Waals surface area (Å²) in [6.07, 6.45) is 0. The van der Waals surface area contributed by atoms with Crippen molar-refractivity contribution < 1.29 is 69.1 Å². The molecule has 0 bridgehead atoms. The fourth-order valence-electron chi connectivity index (χ4n) is 2.39. The van der Waals surface area contributed by atoms with Crippen molar-refractivity contribution in [2.45, 2.75) is 34.6 Å². The van der Waals surface area contributed by atoms with E-state index < -0.39 is 0 Å². The monoisotopic (exact) mass is 383 g/mol. The van der Waals surface area contributed by atoms with Gasteiger partial charge in [-0.2, -0.15) is 0 Å². The first-order valence-electron chi connectivity index (χ1n) is 4.55. The molecular formula is C10H20Cl4Rh-4. The summed E-state index contributed by atoms with van der Waals surface area (Å²) < 4.78 is 0. The molecule has 1 aliphatic carbocycles. The molecule has 0 aliphatic heterocycles. The second-order valence-electron chi connectivity index (χ2n) is 4.30. The minimum atomic E-state index is 0. The van der Waals surface area contributed by atoms with Crippen LogP contribution in [0, 0.1) is 29.6 Å². The predicted octanol–water partition coefficient (Wildman–Crippen LogP) is -8.81. The van der Waals surface area contributed by atoms with Crippen LogP contribution in [0.5, 0.6) is 0 Å². The number of halogens is 4. The molecular weight excluding hydrogens is 365 g/mol. The molecule has 1 saturated carbocycles. The van der Waals surface area contributed by atoms with Crippen LogP contribution in [0.3, 0.4) is 0 Å². The molecule has 0 unspecified atom stereocenters.